The molecular weight excluding hydrogens is 1540 g/mol. The molecule has 115 heavy (non-hydrogen) atoms. The molecule has 610 valence electrons. The number of guanidine groups is 1. The lowest BCUT2D eigenvalue weighted by molar-refractivity contribution is -0.141. The van der Waals surface area contributed by atoms with Gasteiger partial charge in [-0.15, -0.1) is 11.8 Å². The number of carbonyl (C=O) groups excluding carboxylic acids is 13. The van der Waals surface area contributed by atoms with Crippen LogP contribution in [0.15, 0.2) is 157 Å². The number of para-hydroxylation sites is 1. The number of fused-ring (bicyclic) bond motifs is 32. The molecule has 5 heterocycles. The first-order valence-electron chi connectivity index (χ1n) is 36.8. The maximum atomic E-state index is 15.7. The quantitative estimate of drug-likeness (QED) is 0.0108. The zero-order chi connectivity index (χ0) is 82.7. The fraction of sp³-hybridized carbons (Fsp3) is 0.364. The number of imidazole rings is 1. The van der Waals surface area contributed by atoms with E-state index < -0.39 is 161 Å². The van der Waals surface area contributed by atoms with Gasteiger partial charge in [0, 0.05) is 91.4 Å². The first-order valence-corrected chi connectivity index (χ1v) is 40.5. The first-order chi connectivity index (χ1) is 55.1. The number of hydrogen-bond acceptors (Lipinski definition) is 21. The average Bonchev–Trinajstić information content (AvgIpc) is 1.34. The molecule has 12 atom stereocenters. The van der Waals surface area contributed by atoms with Gasteiger partial charge in [-0.25, -0.2) is 4.98 Å². The summed E-state index contributed by atoms with van der Waals surface area (Å²) in [7, 11) is 1.82. The molecule has 10 rings (SSSR count). The molecule has 2 aromatic heterocycles. The van der Waals surface area contributed by atoms with Crippen molar-refractivity contribution in [2.45, 2.75) is 137 Å². The first kappa shape index (κ1) is 86.8. The second-order valence-corrected chi connectivity index (χ2v) is 31.2. The fourth-order valence-corrected chi connectivity index (χ4v) is 16.0. The Balaban J connectivity index is 1.12. The number of phenols is 2. The van der Waals surface area contributed by atoms with Crippen LogP contribution in [0.5, 0.6) is 11.5 Å². The summed E-state index contributed by atoms with van der Waals surface area (Å²) in [5.41, 5.74) is 33.2. The Hall–Kier alpha value is -12.2. The van der Waals surface area contributed by atoms with Gasteiger partial charge in [0.15, 0.2) is 5.96 Å². The molecule has 24 N–H and O–H groups in total. The minimum atomic E-state index is -1.85. The van der Waals surface area contributed by atoms with Crippen LogP contribution in [0.3, 0.4) is 0 Å². The van der Waals surface area contributed by atoms with Crippen molar-refractivity contribution in [3.8, 4) is 11.5 Å². The lowest BCUT2D eigenvalue weighted by atomic mass is 10.00. The Morgan fingerprint density at radius 3 is 1.83 bits per heavy atom. The number of aromatic nitrogens is 3. The van der Waals surface area contributed by atoms with Gasteiger partial charge in [-0.3, -0.25) is 67.3 Å². The summed E-state index contributed by atoms with van der Waals surface area (Å²) in [5, 5.41) is 47.6. The number of amides is 13. The van der Waals surface area contributed by atoms with E-state index in [9.17, 15) is 39.0 Å². The number of aliphatic imine (C=N–C) groups is 1. The molecule has 0 saturated carbocycles. The van der Waals surface area contributed by atoms with E-state index in [1.165, 1.54) is 60.7 Å². The van der Waals surface area contributed by atoms with Gasteiger partial charge in [-0.2, -0.15) is 0 Å². The highest BCUT2D eigenvalue weighted by Gasteiger charge is 2.40. The molecule has 35 nitrogen and oxygen atoms in total. The zero-order valence-electron chi connectivity index (χ0n) is 62.6. The molecule has 5 aromatic carbocycles. The number of aromatic amines is 2. The van der Waals surface area contributed by atoms with E-state index in [-0.39, 0.29) is 99.2 Å². The van der Waals surface area contributed by atoms with Gasteiger partial charge in [0.05, 0.1) is 30.6 Å². The van der Waals surface area contributed by atoms with Crippen LogP contribution in [0.1, 0.15) is 59.7 Å². The van der Waals surface area contributed by atoms with Crippen LogP contribution in [0, 0.1) is 0 Å². The average molecular weight is 1640 g/mol. The van der Waals surface area contributed by atoms with Crippen LogP contribution < -0.4 is 81.8 Å². The number of phenolic OH excluding ortho intramolecular Hbond substituents is 2. The molecule has 0 unspecified atom stereocenters. The second-order valence-electron chi connectivity index (χ2n) is 27.7. The number of nitrogens with two attached hydrogens (primary N) is 5. The number of aromatic hydroxyl groups is 2. The summed E-state index contributed by atoms with van der Waals surface area (Å²) in [4.78, 5) is 207. The van der Waals surface area contributed by atoms with Crippen LogP contribution in [0.4, 0.5) is 0 Å². The van der Waals surface area contributed by atoms with Crippen LogP contribution in [-0.2, 0) is 101 Å². The molecule has 13 amide bonds. The Labute approximate surface area is 673 Å². The second kappa shape index (κ2) is 42.6. The Morgan fingerprint density at radius 1 is 0.591 bits per heavy atom. The number of nitrogens with zero attached hydrogens (tertiary/aromatic N) is 3. The van der Waals surface area contributed by atoms with Crippen molar-refractivity contribution in [1.82, 2.24) is 73.0 Å². The van der Waals surface area contributed by atoms with Crippen molar-refractivity contribution in [2.24, 2.45) is 33.7 Å². The van der Waals surface area contributed by atoms with Gasteiger partial charge in [0.25, 0.3) is 0 Å². The van der Waals surface area contributed by atoms with Gasteiger partial charge in [0.1, 0.15) is 71.9 Å². The summed E-state index contributed by atoms with van der Waals surface area (Å²) in [6.45, 7) is 0.803. The molecule has 3 fully saturated rings. The number of thioether (sulfide) groups is 1. The number of hydrogen-bond donors (Lipinski definition) is 19. The Morgan fingerprint density at radius 2 is 1.18 bits per heavy atom. The van der Waals surface area contributed by atoms with E-state index in [4.69, 9.17) is 28.7 Å². The van der Waals surface area contributed by atoms with Crippen molar-refractivity contribution in [3.63, 3.8) is 0 Å². The Bertz CT molecular complexity index is 4580. The lowest BCUT2D eigenvalue weighted by Crippen LogP contribution is -2.62. The van der Waals surface area contributed by atoms with E-state index in [0.29, 0.717) is 44.4 Å². The maximum Gasteiger partial charge on any atom is 0.244 e. The maximum absolute atomic E-state index is 15.7. The Kier molecular flexibility index (Phi) is 32.2. The van der Waals surface area contributed by atoms with Crippen LogP contribution in [-0.4, -0.2) is 221 Å². The lowest BCUT2D eigenvalue weighted by Gasteiger charge is -2.36. The predicted octanol–water partition coefficient (Wildman–Crippen LogP) is -1.99. The van der Waals surface area contributed by atoms with Crippen LogP contribution >= 0.6 is 33.3 Å². The van der Waals surface area contributed by atoms with E-state index >= 15 is 33.6 Å². The molecular formula is C77H94N20O15S3. The summed E-state index contributed by atoms with van der Waals surface area (Å²) < 4.78 is 0. The largest absolute Gasteiger partial charge is 0.508 e. The van der Waals surface area contributed by atoms with Crippen LogP contribution in [0.2, 0.25) is 0 Å². The number of primary amides is 2. The molecule has 0 radical (unpaired) electrons. The number of H-pyrrole nitrogens is 2. The highest BCUT2D eigenvalue weighted by Crippen LogP contribution is 2.26. The third-order valence-corrected chi connectivity index (χ3v) is 22.2. The monoisotopic (exact) mass is 1630 g/mol. The molecule has 7 aromatic rings. The molecule has 2 bridgehead atoms. The van der Waals surface area contributed by atoms with Crippen molar-refractivity contribution in [1.29, 1.82) is 0 Å². The summed E-state index contributed by atoms with van der Waals surface area (Å²) in [6, 6.07) is 17.5. The number of nitrogens with one attached hydrogen (secondary N) is 12. The molecule has 0 aliphatic carbocycles. The third kappa shape index (κ3) is 26.7. The van der Waals surface area contributed by atoms with Crippen molar-refractivity contribution < 1.29 is 72.5 Å². The highest BCUT2D eigenvalue weighted by molar-refractivity contribution is 8.76. The molecule has 3 saturated heterocycles. The molecule has 3 aliphatic heterocycles. The molecule has 3 aliphatic rings. The summed E-state index contributed by atoms with van der Waals surface area (Å²) >= 11 is 0.924. The topological polar surface area (TPSA) is 573 Å². The smallest absolute Gasteiger partial charge is 0.244 e. The zero-order valence-corrected chi connectivity index (χ0v) is 65.1. The summed E-state index contributed by atoms with van der Waals surface area (Å²) in [6.07, 6.45) is 2.44. The van der Waals surface area contributed by atoms with Crippen molar-refractivity contribution in [2.75, 3.05) is 36.1 Å². The van der Waals surface area contributed by atoms with E-state index in [0.717, 1.165) is 33.3 Å². The fourth-order valence-electron chi connectivity index (χ4n) is 12.7. The SMILES string of the molecule is C[C@@H]1NC(=O)[C@H](CC(N)=O)NC(=O)[C@H](Cc2c[nH]c3ccccc23)NC(=O)[C@H](CCCN=C(N)N)NC(=O)[C@@H](Cc2ccccc2)N2C[C@H](Cc3cnc[nH]3)NC(=O)[C@H](CSCC2=O)NC(=O)[C@@H](NC(=O)[C@@H](N)Cc2ccc(O)cc2)CSSC[C@@H](C(=O)N[C@@H](Cc2ccc(O)cc2)C(N)=O)NC(=O)[C@H](Cc2ccccc2)NC1=O. The number of carbonyl (C=O) groups is 13. The van der Waals surface area contributed by atoms with Gasteiger partial charge >= 0.3 is 0 Å². The third-order valence-electron chi connectivity index (χ3n) is 18.8. The number of benzene rings is 5. The van der Waals surface area contributed by atoms with Gasteiger partial charge in [-0.1, -0.05) is 125 Å². The number of rotatable bonds is 23. The van der Waals surface area contributed by atoms with Gasteiger partial charge < -0.3 is 107 Å². The standard InChI is InChI=1S/C77H94N20O15S3/c1-42-67(103)91-57(29-43-11-4-2-5-12-43)71(107)96-62(74(110)90-56(66(80)102)28-46-20-24-51(99)25-21-46)39-115-114-38-61(94-68(104)53(78)27-45-18-22-50(98)23-19-45)75(111)95-60-37-113-40-65(101)97(36-49(88-73(60)109)32-48-35-83-41-86-48)63(30-44-13-6-3-7-14-44)76(112)89-55(17-10-26-84-77(81)82)69(105)92-58(31-47-34-85-54-16-9-8-15-52(47)54)72(108)93-59(33-64(79)100)70(106)87-42/h2-9,11-16,18-25,34-35,41-42,49,53,55-63,85,98-99H,10,17,26-33,36-40,78H2,1H3,(H2,79,100)(H2,80,102)(H,83,86)(H,87,106)(H,88,109)(H,89,112)(H,90,110)(H,91,103)(H,92,105)(H,93,108)(H,94,104)(H,95,111)(H,96,107)(H4,81,82,84)/t42-,49-,53-,55-,56-,57-,58-,59-,60-,61-,62-,63+/m0/s1. The highest BCUT2D eigenvalue weighted by atomic mass is 33.1. The molecule has 0 spiro atoms. The summed E-state index contributed by atoms with van der Waals surface area (Å²) in [5.74, 6) is -14.0. The normalized spacial score (nSPS) is 22.2. The van der Waals surface area contributed by atoms with E-state index in [1.54, 1.807) is 103 Å². The predicted molar refractivity (Wildman–Crippen MR) is 432 cm³/mol. The van der Waals surface area contributed by atoms with Gasteiger partial charge in [0.2, 0.25) is 76.8 Å². The van der Waals surface area contributed by atoms with Gasteiger partial charge in [-0.05, 0) is 84.3 Å². The van der Waals surface area contributed by atoms with Crippen molar-refractivity contribution >= 4 is 127 Å². The molecule has 38 heteroatoms. The van der Waals surface area contributed by atoms with E-state index in [2.05, 4.69) is 73.1 Å². The minimum absolute atomic E-state index is 0.0400. The van der Waals surface area contributed by atoms with E-state index in [1.807, 2.05) is 0 Å². The minimum Gasteiger partial charge on any atom is -0.508 e. The van der Waals surface area contributed by atoms with Crippen molar-refractivity contribution in [3.05, 3.63) is 186 Å². The van der Waals surface area contributed by atoms with Crippen LogP contribution in [0.25, 0.3) is 10.9 Å².